The third kappa shape index (κ3) is 6.89. The number of H-pyrrole nitrogens is 1. The van der Waals surface area contributed by atoms with Gasteiger partial charge in [0.05, 0.1) is 12.6 Å². The van der Waals surface area contributed by atoms with Crippen LogP contribution in [0.15, 0.2) is 72.8 Å². The molecule has 1 aliphatic rings. The van der Waals surface area contributed by atoms with Gasteiger partial charge in [0, 0.05) is 29.8 Å². The summed E-state index contributed by atoms with van der Waals surface area (Å²) in [5.74, 6) is 0.193. The third-order valence-electron chi connectivity index (χ3n) is 7.48. The Balaban J connectivity index is 1.34. The number of aromatic amines is 1. The Labute approximate surface area is 245 Å². The number of tetrazole rings is 1. The zero-order chi connectivity index (χ0) is 29.7. The largest absolute Gasteiger partial charge is 0.392 e. The van der Waals surface area contributed by atoms with E-state index in [-0.39, 0.29) is 18.2 Å². The summed E-state index contributed by atoms with van der Waals surface area (Å²) in [4.78, 5) is 28.8. The van der Waals surface area contributed by atoms with Crippen molar-refractivity contribution in [3.63, 3.8) is 0 Å². The van der Waals surface area contributed by atoms with Crippen LogP contribution in [0.4, 0.5) is 5.69 Å². The minimum atomic E-state index is -0.640. The number of carbonyl (C=O) groups is 2. The number of hydrogen-bond donors (Lipinski definition) is 4. The molecule has 4 aromatic rings. The molecule has 2 amide bonds. The molecule has 1 aromatic heterocycles. The maximum Gasteiger partial charge on any atom is 0.249 e. The van der Waals surface area contributed by atoms with Crippen molar-refractivity contribution in [1.29, 1.82) is 0 Å². The molecule has 1 unspecified atom stereocenters. The second-order valence-electron chi connectivity index (χ2n) is 11.5. The van der Waals surface area contributed by atoms with E-state index in [4.69, 9.17) is 0 Å². The minimum Gasteiger partial charge on any atom is -0.392 e. The Hall–Kier alpha value is -4.41. The van der Waals surface area contributed by atoms with Crippen LogP contribution in [0.25, 0.3) is 22.5 Å². The van der Waals surface area contributed by atoms with E-state index in [9.17, 15) is 14.7 Å². The summed E-state index contributed by atoms with van der Waals surface area (Å²) in [6.07, 6.45) is 0.866. The van der Waals surface area contributed by atoms with Crippen LogP contribution in [0.3, 0.4) is 0 Å². The van der Waals surface area contributed by atoms with Crippen molar-refractivity contribution in [2.24, 2.45) is 0 Å². The van der Waals surface area contributed by atoms with Gasteiger partial charge in [-0.25, -0.2) is 0 Å². The first kappa shape index (κ1) is 29.1. The molecule has 10 heteroatoms. The second-order valence-corrected chi connectivity index (χ2v) is 11.5. The number of nitrogens with zero attached hydrogens (tertiary/aromatic N) is 4. The third-order valence-corrected chi connectivity index (χ3v) is 7.48. The average molecular weight is 568 g/mol. The summed E-state index contributed by atoms with van der Waals surface area (Å²) in [6, 6.07) is 23.3. The molecule has 2 heterocycles. The highest BCUT2D eigenvalue weighted by Crippen LogP contribution is 2.32. The lowest BCUT2D eigenvalue weighted by Crippen LogP contribution is -2.51. The van der Waals surface area contributed by atoms with Crippen molar-refractivity contribution < 1.29 is 14.7 Å². The molecule has 0 aliphatic carbocycles. The first-order chi connectivity index (χ1) is 20.2. The van der Waals surface area contributed by atoms with E-state index in [1.165, 1.54) is 0 Å². The molecule has 218 valence electrons. The van der Waals surface area contributed by atoms with Gasteiger partial charge < -0.3 is 20.6 Å². The fraction of sp³-hybridized carbons (Fsp3) is 0.344. The summed E-state index contributed by atoms with van der Waals surface area (Å²) in [5, 5.41) is 30.3. The van der Waals surface area contributed by atoms with Crippen LogP contribution in [-0.2, 0) is 22.6 Å². The molecule has 0 spiro atoms. The SMILES string of the molecule is C[C@@H](O)CNC(C)(C)CC(=O)NC1CCc2ccccc2N(Cc2ccc(-c3ccccc3-c3nn[nH]n3)cc2)C1=O. The molecule has 1 aliphatic heterocycles. The number of fused-ring (bicyclic) bond motifs is 1. The molecule has 10 nitrogen and oxygen atoms in total. The van der Waals surface area contributed by atoms with Gasteiger partial charge in [-0.15, -0.1) is 10.2 Å². The Morgan fingerprint density at radius 3 is 2.50 bits per heavy atom. The molecule has 0 saturated heterocycles. The van der Waals surface area contributed by atoms with Crippen LogP contribution in [0.5, 0.6) is 0 Å². The molecule has 42 heavy (non-hydrogen) atoms. The zero-order valence-electron chi connectivity index (χ0n) is 24.2. The van der Waals surface area contributed by atoms with E-state index in [2.05, 4.69) is 31.3 Å². The number of carbonyl (C=O) groups excluding carboxylic acids is 2. The van der Waals surface area contributed by atoms with E-state index < -0.39 is 17.7 Å². The highest BCUT2D eigenvalue weighted by molar-refractivity contribution is 6.00. The monoisotopic (exact) mass is 567 g/mol. The highest BCUT2D eigenvalue weighted by Gasteiger charge is 2.32. The zero-order valence-corrected chi connectivity index (χ0v) is 24.2. The van der Waals surface area contributed by atoms with Gasteiger partial charge in [0.25, 0.3) is 0 Å². The van der Waals surface area contributed by atoms with Gasteiger partial charge in [-0.2, -0.15) is 5.21 Å². The quantitative estimate of drug-likeness (QED) is 0.230. The highest BCUT2D eigenvalue weighted by atomic mass is 16.3. The molecular formula is C32H37N7O3. The molecule has 5 rings (SSSR count). The molecule has 0 bridgehead atoms. The second kappa shape index (κ2) is 12.6. The van der Waals surface area contributed by atoms with Crippen molar-refractivity contribution in [3.05, 3.63) is 83.9 Å². The van der Waals surface area contributed by atoms with E-state index in [1.54, 1.807) is 11.8 Å². The number of anilines is 1. The van der Waals surface area contributed by atoms with Crippen LogP contribution in [-0.4, -0.2) is 61.8 Å². The van der Waals surface area contributed by atoms with Crippen molar-refractivity contribution in [3.8, 4) is 22.5 Å². The summed E-state index contributed by atoms with van der Waals surface area (Å²) in [7, 11) is 0. The van der Waals surface area contributed by atoms with Crippen molar-refractivity contribution >= 4 is 17.5 Å². The first-order valence-electron chi connectivity index (χ1n) is 14.2. The molecule has 0 fully saturated rings. The van der Waals surface area contributed by atoms with Crippen molar-refractivity contribution in [1.82, 2.24) is 31.3 Å². The summed E-state index contributed by atoms with van der Waals surface area (Å²) >= 11 is 0. The predicted octanol–water partition coefficient (Wildman–Crippen LogP) is 3.64. The number of rotatable bonds is 10. The summed E-state index contributed by atoms with van der Waals surface area (Å²) < 4.78 is 0. The number of para-hydroxylation sites is 1. The number of aliphatic hydroxyl groups excluding tert-OH is 1. The van der Waals surface area contributed by atoms with Crippen LogP contribution in [0.1, 0.15) is 44.7 Å². The van der Waals surface area contributed by atoms with Gasteiger partial charge >= 0.3 is 0 Å². The number of aliphatic hydroxyl groups is 1. The number of aromatic nitrogens is 4. The maximum atomic E-state index is 13.9. The van der Waals surface area contributed by atoms with Gasteiger partial charge in [0.1, 0.15) is 6.04 Å². The molecule has 2 atom stereocenters. The Kier molecular flexibility index (Phi) is 8.75. The minimum absolute atomic E-state index is 0.130. The Morgan fingerprint density at radius 1 is 1.07 bits per heavy atom. The van der Waals surface area contributed by atoms with Gasteiger partial charge in [0.15, 0.2) is 0 Å². The molecule has 0 saturated carbocycles. The Morgan fingerprint density at radius 2 is 1.79 bits per heavy atom. The number of benzene rings is 3. The molecule has 3 aromatic carbocycles. The molecule has 4 N–H and O–H groups in total. The Bertz CT molecular complexity index is 1520. The van der Waals surface area contributed by atoms with E-state index >= 15 is 0 Å². The maximum absolute atomic E-state index is 13.9. The van der Waals surface area contributed by atoms with Crippen LogP contribution in [0, 0.1) is 0 Å². The van der Waals surface area contributed by atoms with Crippen molar-refractivity contribution in [2.75, 3.05) is 11.4 Å². The topological polar surface area (TPSA) is 136 Å². The lowest BCUT2D eigenvalue weighted by atomic mass is 9.98. The fourth-order valence-corrected chi connectivity index (χ4v) is 5.32. The predicted molar refractivity (Wildman–Crippen MR) is 161 cm³/mol. The molecule has 0 radical (unpaired) electrons. The van der Waals surface area contributed by atoms with E-state index in [0.29, 0.717) is 31.8 Å². The number of hydrogen-bond acceptors (Lipinski definition) is 7. The summed E-state index contributed by atoms with van der Waals surface area (Å²) in [6.45, 7) is 6.28. The normalized spacial score (nSPS) is 16.0. The van der Waals surface area contributed by atoms with Crippen LogP contribution >= 0.6 is 0 Å². The van der Waals surface area contributed by atoms with E-state index in [1.807, 2.05) is 86.6 Å². The van der Waals surface area contributed by atoms with E-state index in [0.717, 1.165) is 33.5 Å². The van der Waals surface area contributed by atoms with Crippen LogP contribution < -0.4 is 15.5 Å². The van der Waals surface area contributed by atoms with Gasteiger partial charge in [-0.3, -0.25) is 9.59 Å². The van der Waals surface area contributed by atoms with Crippen LogP contribution in [0.2, 0.25) is 0 Å². The average Bonchev–Trinajstić information content (AvgIpc) is 3.48. The smallest absolute Gasteiger partial charge is 0.249 e. The number of β-amino-alcohol motifs (C(OH)–C–C–N with tert-alkyl or cyclic N) is 1. The lowest BCUT2D eigenvalue weighted by Gasteiger charge is -2.29. The molecular weight excluding hydrogens is 530 g/mol. The fourth-order valence-electron chi connectivity index (χ4n) is 5.32. The van der Waals surface area contributed by atoms with Gasteiger partial charge in [-0.05, 0) is 67.1 Å². The number of aryl methyl sites for hydroxylation is 1. The number of amides is 2. The number of nitrogens with one attached hydrogen (secondary N) is 3. The van der Waals surface area contributed by atoms with Gasteiger partial charge in [-0.1, -0.05) is 66.7 Å². The lowest BCUT2D eigenvalue weighted by molar-refractivity contribution is -0.128. The standard InChI is InChI=1S/C32H37N7O3/c1-21(40)19-33-32(2,3)18-29(41)34-27-17-16-24-8-4-7-11-28(24)39(31(27)42)20-22-12-14-23(15-13-22)25-9-5-6-10-26(25)30-35-37-38-36-30/h4-15,21,27,33,40H,16-20H2,1-3H3,(H,34,41)(H,35,36,37,38)/t21-,27?/m1/s1. The van der Waals surface area contributed by atoms with Gasteiger partial charge in [0.2, 0.25) is 17.6 Å². The first-order valence-corrected chi connectivity index (χ1v) is 14.2. The summed E-state index contributed by atoms with van der Waals surface area (Å²) in [5.41, 5.74) is 5.24. The van der Waals surface area contributed by atoms with Crippen molar-refractivity contribution in [2.45, 2.75) is 64.3 Å².